The standard InChI is InChI=1S/C18H28BNO3.ClH/c1-17(2)18(3,4)23-19(22-17)15-6-5-7-16(12-15)21-13-14-8-10-20-11-9-14;/h5-7,12,14,20H,8-11,13H2,1-4H3;1H. The molecule has 0 unspecified atom stereocenters. The number of hydrogen-bond acceptors (Lipinski definition) is 4. The number of ether oxygens (including phenoxy) is 1. The zero-order valence-corrected chi connectivity index (χ0v) is 15.9. The van der Waals surface area contributed by atoms with E-state index in [-0.39, 0.29) is 30.7 Å². The van der Waals surface area contributed by atoms with Gasteiger partial charge in [-0.2, -0.15) is 0 Å². The molecule has 0 aliphatic carbocycles. The number of rotatable bonds is 4. The Bertz CT molecular complexity index is 531. The van der Waals surface area contributed by atoms with Gasteiger partial charge in [-0.15, -0.1) is 12.4 Å². The normalized spacial score (nSPS) is 22.9. The Morgan fingerprint density at radius 2 is 1.75 bits per heavy atom. The van der Waals surface area contributed by atoms with Gasteiger partial charge in [0.2, 0.25) is 0 Å². The van der Waals surface area contributed by atoms with E-state index in [2.05, 4.69) is 33.0 Å². The van der Waals surface area contributed by atoms with Crippen molar-refractivity contribution in [2.45, 2.75) is 51.7 Å². The van der Waals surface area contributed by atoms with Crippen molar-refractivity contribution in [1.29, 1.82) is 0 Å². The first kappa shape index (κ1) is 19.6. The SMILES string of the molecule is CC1(C)OB(c2cccc(OCC3CCNCC3)c2)OC1(C)C.Cl. The molecule has 1 aromatic carbocycles. The quantitative estimate of drug-likeness (QED) is 0.845. The van der Waals surface area contributed by atoms with Gasteiger partial charge in [-0.25, -0.2) is 0 Å². The predicted molar refractivity (Wildman–Crippen MR) is 100 cm³/mol. The minimum atomic E-state index is -0.331. The average Bonchev–Trinajstić information content (AvgIpc) is 2.75. The fraction of sp³-hybridized carbons (Fsp3) is 0.667. The van der Waals surface area contributed by atoms with Crippen LogP contribution in [0.3, 0.4) is 0 Å². The fourth-order valence-corrected chi connectivity index (χ4v) is 2.99. The van der Waals surface area contributed by atoms with E-state index < -0.39 is 0 Å². The third kappa shape index (κ3) is 4.26. The highest BCUT2D eigenvalue weighted by Crippen LogP contribution is 2.36. The Kier molecular flexibility index (Phi) is 6.24. The minimum Gasteiger partial charge on any atom is -0.493 e. The third-order valence-corrected chi connectivity index (χ3v) is 5.33. The Balaban J connectivity index is 0.00000208. The average molecular weight is 354 g/mol. The molecule has 2 aliphatic rings. The van der Waals surface area contributed by atoms with E-state index in [1.54, 1.807) is 0 Å². The van der Waals surface area contributed by atoms with Crippen molar-refractivity contribution in [3.05, 3.63) is 24.3 Å². The van der Waals surface area contributed by atoms with E-state index in [4.69, 9.17) is 14.0 Å². The van der Waals surface area contributed by atoms with Crippen LogP contribution in [-0.2, 0) is 9.31 Å². The van der Waals surface area contributed by atoms with Gasteiger partial charge >= 0.3 is 7.12 Å². The second-order valence-corrected chi connectivity index (χ2v) is 7.67. The van der Waals surface area contributed by atoms with Gasteiger partial charge in [0.15, 0.2) is 0 Å². The molecule has 0 bridgehead atoms. The van der Waals surface area contributed by atoms with Crippen LogP contribution in [0.2, 0.25) is 0 Å². The number of hydrogen-bond donors (Lipinski definition) is 1. The first-order valence-electron chi connectivity index (χ1n) is 8.66. The Labute approximate surface area is 152 Å². The van der Waals surface area contributed by atoms with Crippen molar-refractivity contribution < 1.29 is 14.0 Å². The first-order valence-corrected chi connectivity index (χ1v) is 8.66. The van der Waals surface area contributed by atoms with Crippen molar-refractivity contribution >= 4 is 25.0 Å². The Hall–Kier alpha value is -0.745. The molecule has 6 heteroatoms. The molecular weight excluding hydrogens is 324 g/mol. The first-order chi connectivity index (χ1) is 10.9. The molecule has 2 saturated heterocycles. The van der Waals surface area contributed by atoms with Gasteiger partial charge in [0, 0.05) is 0 Å². The van der Waals surface area contributed by atoms with Gasteiger partial charge in [0.1, 0.15) is 5.75 Å². The molecule has 2 fully saturated rings. The number of benzene rings is 1. The molecule has 2 heterocycles. The fourth-order valence-electron chi connectivity index (χ4n) is 2.99. The Morgan fingerprint density at radius 3 is 2.38 bits per heavy atom. The predicted octanol–water partition coefficient (Wildman–Crippen LogP) is 2.79. The maximum Gasteiger partial charge on any atom is 0.494 e. The van der Waals surface area contributed by atoms with Crippen molar-refractivity contribution in [3.8, 4) is 5.75 Å². The molecule has 2 aliphatic heterocycles. The molecule has 0 atom stereocenters. The lowest BCUT2D eigenvalue weighted by Gasteiger charge is -2.32. The van der Waals surface area contributed by atoms with Crippen molar-refractivity contribution in [3.63, 3.8) is 0 Å². The van der Waals surface area contributed by atoms with Crippen LogP contribution in [0.4, 0.5) is 0 Å². The molecule has 4 nitrogen and oxygen atoms in total. The van der Waals surface area contributed by atoms with Crippen LogP contribution >= 0.6 is 12.4 Å². The topological polar surface area (TPSA) is 39.7 Å². The smallest absolute Gasteiger partial charge is 0.493 e. The summed E-state index contributed by atoms with van der Waals surface area (Å²) in [5.41, 5.74) is 0.388. The van der Waals surface area contributed by atoms with Crippen molar-refractivity contribution in [2.24, 2.45) is 5.92 Å². The molecule has 3 rings (SSSR count). The van der Waals surface area contributed by atoms with E-state index >= 15 is 0 Å². The second kappa shape index (κ2) is 7.65. The van der Waals surface area contributed by atoms with Crippen LogP contribution in [-0.4, -0.2) is 38.0 Å². The van der Waals surface area contributed by atoms with Crippen LogP contribution < -0.4 is 15.5 Å². The summed E-state index contributed by atoms with van der Waals surface area (Å²) in [7, 11) is -0.331. The van der Waals surface area contributed by atoms with E-state index in [0.717, 1.165) is 30.9 Å². The van der Waals surface area contributed by atoms with Gasteiger partial charge < -0.3 is 19.4 Å². The lowest BCUT2D eigenvalue weighted by molar-refractivity contribution is 0.00578. The number of piperidine rings is 1. The van der Waals surface area contributed by atoms with Crippen LogP contribution in [0, 0.1) is 5.92 Å². The Morgan fingerprint density at radius 1 is 1.12 bits per heavy atom. The summed E-state index contributed by atoms with van der Waals surface area (Å²) in [6.07, 6.45) is 2.38. The summed E-state index contributed by atoms with van der Waals surface area (Å²) in [6.45, 7) is 11.3. The van der Waals surface area contributed by atoms with E-state index in [1.165, 1.54) is 12.8 Å². The summed E-state index contributed by atoms with van der Waals surface area (Å²) < 4.78 is 18.2. The highest BCUT2D eigenvalue weighted by Gasteiger charge is 2.51. The van der Waals surface area contributed by atoms with E-state index in [0.29, 0.717) is 5.92 Å². The molecule has 0 spiro atoms. The largest absolute Gasteiger partial charge is 0.494 e. The molecular formula is C18H29BClNO3. The van der Waals surface area contributed by atoms with Gasteiger partial charge in [0.05, 0.1) is 17.8 Å². The maximum absolute atomic E-state index is 6.11. The monoisotopic (exact) mass is 353 g/mol. The highest BCUT2D eigenvalue weighted by atomic mass is 35.5. The summed E-state index contributed by atoms with van der Waals surface area (Å²) >= 11 is 0. The zero-order valence-electron chi connectivity index (χ0n) is 15.1. The lowest BCUT2D eigenvalue weighted by atomic mass is 9.79. The summed E-state index contributed by atoms with van der Waals surface area (Å²) in [5, 5.41) is 3.39. The minimum absolute atomic E-state index is 0. The van der Waals surface area contributed by atoms with Gasteiger partial charge in [-0.1, -0.05) is 12.1 Å². The molecule has 0 aromatic heterocycles. The third-order valence-electron chi connectivity index (χ3n) is 5.33. The highest BCUT2D eigenvalue weighted by molar-refractivity contribution is 6.62. The second-order valence-electron chi connectivity index (χ2n) is 7.67. The molecule has 1 aromatic rings. The van der Waals surface area contributed by atoms with Crippen molar-refractivity contribution in [1.82, 2.24) is 5.32 Å². The molecule has 24 heavy (non-hydrogen) atoms. The van der Waals surface area contributed by atoms with Crippen LogP contribution in [0.1, 0.15) is 40.5 Å². The van der Waals surface area contributed by atoms with Crippen LogP contribution in [0.5, 0.6) is 5.75 Å². The summed E-state index contributed by atoms with van der Waals surface area (Å²) in [6, 6.07) is 8.11. The van der Waals surface area contributed by atoms with Gasteiger partial charge in [-0.3, -0.25) is 0 Å². The molecule has 0 amide bonds. The molecule has 0 saturated carbocycles. The lowest BCUT2D eigenvalue weighted by Crippen LogP contribution is -2.41. The van der Waals surface area contributed by atoms with E-state index in [1.807, 2.05) is 24.3 Å². The maximum atomic E-state index is 6.11. The van der Waals surface area contributed by atoms with Crippen LogP contribution in [0.25, 0.3) is 0 Å². The van der Waals surface area contributed by atoms with Gasteiger partial charge in [0.25, 0.3) is 0 Å². The molecule has 0 radical (unpaired) electrons. The molecule has 1 N–H and O–H groups in total. The van der Waals surface area contributed by atoms with Crippen LogP contribution in [0.15, 0.2) is 24.3 Å². The number of nitrogens with one attached hydrogen (secondary N) is 1. The van der Waals surface area contributed by atoms with Gasteiger partial charge in [-0.05, 0) is 77.1 Å². The summed E-state index contributed by atoms with van der Waals surface area (Å²) in [4.78, 5) is 0. The molecule has 134 valence electrons. The summed E-state index contributed by atoms with van der Waals surface area (Å²) in [5.74, 6) is 1.55. The van der Waals surface area contributed by atoms with Crippen molar-refractivity contribution in [2.75, 3.05) is 19.7 Å². The number of halogens is 1. The zero-order chi connectivity index (χ0) is 16.5. The van der Waals surface area contributed by atoms with E-state index in [9.17, 15) is 0 Å².